The predicted molar refractivity (Wildman–Crippen MR) is 107 cm³/mol. The molecule has 1 fully saturated rings. The highest BCUT2D eigenvalue weighted by Gasteiger charge is 2.21. The number of amides is 1. The molecule has 1 amide bonds. The second-order valence-corrected chi connectivity index (χ2v) is 6.52. The zero-order valence-corrected chi connectivity index (χ0v) is 16.0. The third kappa shape index (κ3) is 4.67. The fraction of sp³-hybridized carbons (Fsp3) is 0.450. The number of hydrogen-bond donors (Lipinski definition) is 1. The number of nitrogens with zero attached hydrogens (tertiary/aromatic N) is 4. The van der Waals surface area contributed by atoms with Crippen LogP contribution in [0.15, 0.2) is 36.7 Å². The van der Waals surface area contributed by atoms with Gasteiger partial charge in [-0.1, -0.05) is 25.5 Å². The Morgan fingerprint density at radius 1 is 1.15 bits per heavy atom. The lowest BCUT2D eigenvalue weighted by Gasteiger charge is -2.37. The quantitative estimate of drug-likeness (QED) is 0.756. The van der Waals surface area contributed by atoms with Crippen molar-refractivity contribution in [1.82, 2.24) is 15.3 Å². The van der Waals surface area contributed by atoms with E-state index in [1.165, 1.54) is 6.33 Å². The van der Waals surface area contributed by atoms with Gasteiger partial charge in [-0.15, -0.1) is 0 Å². The standard InChI is InChI=1S/C20H27N5O2/c1-3-4-9-21-20(26)16-14-19(23-15-22-16)25-12-10-24(11-13-25)17-7-5-6-8-18(17)27-2/h5-8,14-15H,3-4,9-13H2,1-2H3,(H,21,26). The molecule has 1 aromatic carbocycles. The Morgan fingerprint density at radius 3 is 2.63 bits per heavy atom. The van der Waals surface area contributed by atoms with E-state index in [9.17, 15) is 4.79 Å². The van der Waals surface area contributed by atoms with Crippen molar-refractivity contribution in [3.63, 3.8) is 0 Å². The van der Waals surface area contributed by atoms with Crippen LogP contribution in [0.1, 0.15) is 30.3 Å². The third-order valence-electron chi connectivity index (χ3n) is 4.73. The first kappa shape index (κ1) is 18.9. The normalized spacial score (nSPS) is 14.1. The minimum Gasteiger partial charge on any atom is -0.495 e. The number of piperazine rings is 1. The lowest BCUT2D eigenvalue weighted by Crippen LogP contribution is -2.47. The number of para-hydroxylation sites is 2. The van der Waals surface area contributed by atoms with Gasteiger partial charge in [-0.2, -0.15) is 0 Å². The zero-order valence-electron chi connectivity index (χ0n) is 16.0. The van der Waals surface area contributed by atoms with Gasteiger partial charge < -0.3 is 19.9 Å². The maximum Gasteiger partial charge on any atom is 0.270 e. The summed E-state index contributed by atoms with van der Waals surface area (Å²) in [5, 5.41) is 2.90. The highest BCUT2D eigenvalue weighted by Crippen LogP contribution is 2.28. The molecule has 2 aromatic rings. The van der Waals surface area contributed by atoms with Crippen molar-refractivity contribution < 1.29 is 9.53 Å². The van der Waals surface area contributed by atoms with Gasteiger partial charge in [-0.3, -0.25) is 4.79 Å². The minimum atomic E-state index is -0.139. The molecular weight excluding hydrogens is 342 g/mol. The van der Waals surface area contributed by atoms with Crippen LogP contribution in [0.5, 0.6) is 5.75 Å². The smallest absolute Gasteiger partial charge is 0.270 e. The van der Waals surface area contributed by atoms with E-state index < -0.39 is 0 Å². The summed E-state index contributed by atoms with van der Waals surface area (Å²) >= 11 is 0. The van der Waals surface area contributed by atoms with Crippen molar-refractivity contribution in [2.45, 2.75) is 19.8 Å². The number of benzene rings is 1. The average Bonchev–Trinajstić information content (AvgIpc) is 2.74. The van der Waals surface area contributed by atoms with Crippen LogP contribution in [0.25, 0.3) is 0 Å². The lowest BCUT2D eigenvalue weighted by atomic mass is 10.2. The van der Waals surface area contributed by atoms with E-state index >= 15 is 0 Å². The maximum atomic E-state index is 12.2. The molecule has 0 aliphatic carbocycles. The van der Waals surface area contributed by atoms with Crippen molar-refractivity contribution in [3.8, 4) is 5.75 Å². The molecule has 0 radical (unpaired) electrons. The number of anilines is 2. The number of carbonyl (C=O) groups is 1. The lowest BCUT2D eigenvalue weighted by molar-refractivity contribution is 0.0948. The third-order valence-corrected chi connectivity index (χ3v) is 4.73. The molecule has 0 spiro atoms. The van der Waals surface area contributed by atoms with Crippen molar-refractivity contribution in [2.75, 3.05) is 49.6 Å². The molecule has 1 N–H and O–H groups in total. The molecule has 1 aliphatic rings. The summed E-state index contributed by atoms with van der Waals surface area (Å²) in [6.07, 6.45) is 3.48. The molecule has 1 aromatic heterocycles. The first-order valence-electron chi connectivity index (χ1n) is 9.46. The predicted octanol–water partition coefficient (Wildman–Crippen LogP) is 2.34. The van der Waals surface area contributed by atoms with E-state index in [-0.39, 0.29) is 5.91 Å². The van der Waals surface area contributed by atoms with Crippen molar-refractivity contribution in [1.29, 1.82) is 0 Å². The molecule has 1 aliphatic heterocycles. The van der Waals surface area contributed by atoms with Gasteiger partial charge in [0, 0.05) is 38.8 Å². The van der Waals surface area contributed by atoms with Crippen molar-refractivity contribution in [2.24, 2.45) is 0 Å². The van der Waals surface area contributed by atoms with Gasteiger partial charge in [0.25, 0.3) is 5.91 Å². The number of methoxy groups -OCH3 is 1. The summed E-state index contributed by atoms with van der Waals surface area (Å²) < 4.78 is 5.47. The zero-order chi connectivity index (χ0) is 19.1. The molecule has 7 nitrogen and oxygen atoms in total. The van der Waals surface area contributed by atoms with Crippen molar-refractivity contribution >= 4 is 17.4 Å². The Balaban J connectivity index is 1.62. The number of unbranched alkanes of at least 4 members (excludes halogenated alkanes) is 1. The fourth-order valence-corrected chi connectivity index (χ4v) is 3.18. The number of aromatic nitrogens is 2. The maximum absolute atomic E-state index is 12.2. The molecule has 7 heteroatoms. The van der Waals surface area contributed by atoms with Gasteiger partial charge in [0.15, 0.2) is 0 Å². The molecule has 3 rings (SSSR count). The first-order valence-corrected chi connectivity index (χ1v) is 9.46. The fourth-order valence-electron chi connectivity index (χ4n) is 3.18. The van der Waals surface area contributed by atoms with Crippen LogP contribution in [0.2, 0.25) is 0 Å². The number of ether oxygens (including phenoxy) is 1. The number of carbonyl (C=O) groups excluding carboxylic acids is 1. The van der Waals surface area contributed by atoms with Gasteiger partial charge in [0.1, 0.15) is 23.6 Å². The summed E-state index contributed by atoms with van der Waals surface area (Å²) in [4.78, 5) is 25.2. The van der Waals surface area contributed by atoms with Crippen molar-refractivity contribution in [3.05, 3.63) is 42.4 Å². The monoisotopic (exact) mass is 369 g/mol. The SMILES string of the molecule is CCCCNC(=O)c1cc(N2CCN(c3ccccc3OC)CC2)ncn1. The number of hydrogen-bond acceptors (Lipinski definition) is 6. The minimum absolute atomic E-state index is 0.139. The molecule has 2 heterocycles. The summed E-state index contributed by atoms with van der Waals surface area (Å²) in [6, 6.07) is 9.85. The van der Waals surface area contributed by atoms with Gasteiger partial charge >= 0.3 is 0 Å². The van der Waals surface area contributed by atoms with E-state index in [0.717, 1.165) is 56.3 Å². The number of rotatable bonds is 7. The topological polar surface area (TPSA) is 70.6 Å². The largest absolute Gasteiger partial charge is 0.495 e. The Hall–Kier alpha value is -2.83. The molecule has 0 bridgehead atoms. The molecule has 27 heavy (non-hydrogen) atoms. The van der Waals surface area contributed by atoms with E-state index in [1.807, 2.05) is 18.2 Å². The Kier molecular flexibility index (Phi) is 6.46. The summed E-state index contributed by atoms with van der Waals surface area (Å²) in [5.41, 5.74) is 1.53. The summed E-state index contributed by atoms with van der Waals surface area (Å²) in [6.45, 7) is 6.15. The second kappa shape index (κ2) is 9.21. The van der Waals surface area contributed by atoms with Gasteiger partial charge in [-0.25, -0.2) is 9.97 Å². The van der Waals surface area contributed by atoms with E-state index in [2.05, 4.69) is 38.1 Å². The molecular formula is C20H27N5O2. The first-order chi connectivity index (χ1) is 13.2. The molecule has 144 valence electrons. The summed E-state index contributed by atoms with van der Waals surface area (Å²) in [5.74, 6) is 1.55. The Bertz CT molecular complexity index is 760. The second-order valence-electron chi connectivity index (χ2n) is 6.52. The molecule has 0 saturated carbocycles. The van der Waals surface area contributed by atoms with Crippen LogP contribution in [0.3, 0.4) is 0 Å². The van der Waals surface area contributed by atoms with E-state index in [0.29, 0.717) is 12.2 Å². The van der Waals surface area contributed by atoms with Gasteiger partial charge in [0.05, 0.1) is 12.8 Å². The van der Waals surface area contributed by atoms with Gasteiger partial charge in [-0.05, 0) is 18.6 Å². The van der Waals surface area contributed by atoms with Crippen LogP contribution in [0, 0.1) is 0 Å². The van der Waals surface area contributed by atoms with Crippen LogP contribution >= 0.6 is 0 Å². The number of nitrogens with one attached hydrogen (secondary N) is 1. The Labute approximate surface area is 160 Å². The van der Waals surface area contributed by atoms with Crippen LogP contribution in [-0.4, -0.2) is 55.7 Å². The molecule has 1 saturated heterocycles. The van der Waals surface area contributed by atoms with Crippen LogP contribution in [0.4, 0.5) is 11.5 Å². The molecule has 0 unspecified atom stereocenters. The van der Waals surface area contributed by atoms with Gasteiger partial charge in [0.2, 0.25) is 0 Å². The Morgan fingerprint density at radius 2 is 1.89 bits per heavy atom. The summed E-state index contributed by atoms with van der Waals surface area (Å²) in [7, 11) is 1.70. The average molecular weight is 369 g/mol. The highest BCUT2D eigenvalue weighted by atomic mass is 16.5. The molecule has 0 atom stereocenters. The van der Waals surface area contributed by atoms with E-state index in [4.69, 9.17) is 4.74 Å². The van der Waals surface area contributed by atoms with E-state index in [1.54, 1.807) is 13.2 Å². The highest BCUT2D eigenvalue weighted by molar-refractivity contribution is 5.92. The van der Waals surface area contributed by atoms with Crippen LogP contribution < -0.4 is 19.9 Å². The van der Waals surface area contributed by atoms with Crippen LogP contribution in [-0.2, 0) is 0 Å².